The van der Waals surface area contributed by atoms with Crippen LogP contribution in [0.1, 0.15) is 0 Å². The minimum absolute atomic E-state index is 0.562. The maximum atomic E-state index is 2.79. The predicted molar refractivity (Wildman–Crippen MR) is 58.7 cm³/mol. The highest BCUT2D eigenvalue weighted by molar-refractivity contribution is 14.4. The van der Waals surface area contributed by atoms with E-state index < -0.39 is -0.121 Å². The smallest absolute Gasteiger partial charge is 0.0556 e. The average molecular weight is 445 g/mol. The molecule has 0 N–H and O–H groups in total. The molecule has 0 aliphatic heterocycles. The van der Waals surface area contributed by atoms with Gasteiger partial charge in [-0.3, -0.25) is 0 Å². The monoisotopic (exact) mass is 445 g/mol. The van der Waals surface area contributed by atoms with E-state index in [0.29, 0.717) is 0 Å². The largest absolute Gasteiger partial charge is 0.207 e. The van der Waals surface area contributed by atoms with E-state index in [4.69, 9.17) is 0 Å². The zero-order valence-electron chi connectivity index (χ0n) is 2.16. The number of hydrogen-bond donors (Lipinski definition) is 0. The van der Waals surface area contributed by atoms with Crippen LogP contribution in [0.5, 0.6) is 0 Å². The summed E-state index contributed by atoms with van der Waals surface area (Å²) in [5.74, 6) is 0. The van der Waals surface area contributed by atoms with Crippen molar-refractivity contribution in [2.24, 2.45) is 0 Å². The highest BCUT2D eigenvalue weighted by Crippen LogP contribution is 2.87. The molecule has 0 fully saturated rings. The molecule has 0 saturated carbocycles. The molecule has 0 amide bonds. The van der Waals surface area contributed by atoms with Gasteiger partial charge in [0.2, 0.25) is -0.121 Å². The lowest BCUT2D eigenvalue weighted by Gasteiger charge is -1.82. The van der Waals surface area contributed by atoms with Crippen molar-refractivity contribution >= 4 is 74.9 Å². The van der Waals surface area contributed by atoms with Crippen molar-refractivity contribution in [3.63, 3.8) is 0 Å². The van der Waals surface area contributed by atoms with Gasteiger partial charge in [0, 0.05) is 0 Å². The summed E-state index contributed by atoms with van der Waals surface area (Å²) in [5, 5.41) is 0. The molecule has 0 bridgehead atoms. The van der Waals surface area contributed by atoms with E-state index in [2.05, 4.69) is 75.1 Å². The molecule has 0 aromatic carbocycles. The summed E-state index contributed by atoms with van der Waals surface area (Å²) in [5.41, 5.74) is 0. The van der Waals surface area contributed by atoms with E-state index in [1.807, 2.05) is 0 Å². The molecular formula is H2I3P2+. The van der Waals surface area contributed by atoms with Crippen LogP contribution in [0, 0.1) is 0 Å². The van der Waals surface area contributed by atoms with Gasteiger partial charge in [-0.1, -0.05) is 0 Å². The van der Waals surface area contributed by atoms with Crippen LogP contribution in [0.4, 0.5) is 0 Å². The van der Waals surface area contributed by atoms with Crippen LogP contribution in [-0.4, -0.2) is 0 Å². The van der Waals surface area contributed by atoms with Crippen LogP contribution in [0.15, 0.2) is 0 Å². The zero-order valence-corrected chi connectivity index (χ0v) is 10.7. The molecule has 5 heteroatoms. The van der Waals surface area contributed by atoms with Gasteiger partial charge >= 0.3 is 0 Å². The molecule has 0 heterocycles. The topological polar surface area (TPSA) is 0 Å². The van der Waals surface area contributed by atoms with E-state index in [1.54, 1.807) is 0 Å². The van der Waals surface area contributed by atoms with E-state index in [9.17, 15) is 0 Å². The Morgan fingerprint density at radius 1 is 1.20 bits per heavy atom. The van der Waals surface area contributed by atoms with Gasteiger partial charge in [0.15, 0.2) is 66.1 Å². The van der Waals surface area contributed by atoms with Crippen LogP contribution in [0.2, 0.25) is 0 Å². The molecule has 0 rings (SSSR count). The van der Waals surface area contributed by atoms with Crippen LogP contribution in [0.3, 0.4) is 0 Å². The lowest BCUT2D eigenvalue weighted by molar-refractivity contribution is 5.72. The SMILES string of the molecule is P[P+](I)(I)I. The van der Waals surface area contributed by atoms with Gasteiger partial charge in [-0.15, -0.1) is 0 Å². The minimum Gasteiger partial charge on any atom is 0.0556 e. The van der Waals surface area contributed by atoms with Crippen molar-refractivity contribution in [3.8, 4) is 0 Å². The Bertz CT molecular complexity index is 20.4. The molecule has 0 saturated heterocycles. The van der Waals surface area contributed by atoms with Crippen LogP contribution in [0.25, 0.3) is 0 Å². The standard InChI is InChI=1S/H2I3P2/c1-5(2,3)4/h4H2/q+1. The number of rotatable bonds is 0. The van der Waals surface area contributed by atoms with Crippen LogP contribution >= 0.6 is 74.9 Å². The zero-order chi connectivity index (χ0) is 4.50. The lowest BCUT2D eigenvalue weighted by Crippen LogP contribution is -1.13. The Hall–Kier alpha value is 3.05. The summed E-state index contributed by atoms with van der Waals surface area (Å²) < 4.78 is -0.562. The van der Waals surface area contributed by atoms with Crippen molar-refractivity contribution in [1.29, 1.82) is 0 Å². The fraction of sp³-hybridized carbons (Fsp3) is 0. The molecule has 1 atom stereocenters. The summed E-state index contributed by atoms with van der Waals surface area (Å²) in [4.78, 5) is 0. The Balaban J connectivity index is 3.02. The first-order valence-electron chi connectivity index (χ1n) is 0.765. The second-order valence-electron chi connectivity index (χ2n) is 0.484. The van der Waals surface area contributed by atoms with Crippen LogP contribution < -0.4 is 0 Å². The summed E-state index contributed by atoms with van der Waals surface area (Å²) in [6.07, 6.45) is 0. The van der Waals surface area contributed by atoms with Gasteiger partial charge in [0.05, 0.1) is 8.93 Å². The third kappa shape index (κ3) is 19.3. The normalized spacial score (nSPS) is 12.0. The highest BCUT2D eigenvalue weighted by atomic mass is 127. The van der Waals surface area contributed by atoms with Gasteiger partial charge in [0.25, 0.3) is 0 Å². The Labute approximate surface area is 73.5 Å². The van der Waals surface area contributed by atoms with Gasteiger partial charge in [-0.2, -0.15) is 0 Å². The van der Waals surface area contributed by atoms with E-state index in [1.165, 1.54) is 0 Å². The fourth-order valence-electron chi connectivity index (χ4n) is 0. The summed E-state index contributed by atoms with van der Waals surface area (Å²) in [6.45, 7) is 0. The molecule has 5 heavy (non-hydrogen) atoms. The van der Waals surface area contributed by atoms with Crippen LogP contribution in [-0.2, 0) is 0 Å². The molecule has 1 unspecified atom stereocenters. The minimum atomic E-state index is -0.562. The maximum absolute atomic E-state index is 2.79. The van der Waals surface area contributed by atoms with Crippen molar-refractivity contribution < 1.29 is 0 Å². The quantitative estimate of drug-likeness (QED) is 0.393. The number of hydrogen-bond acceptors (Lipinski definition) is 0. The summed E-state index contributed by atoms with van der Waals surface area (Å²) >= 11 is 7.27. The average Bonchev–Trinajstić information content (AvgIpc) is 0.722. The van der Waals surface area contributed by atoms with Crippen molar-refractivity contribution in [3.05, 3.63) is 0 Å². The van der Waals surface area contributed by atoms with Gasteiger partial charge in [-0.05, 0) is 0 Å². The maximum Gasteiger partial charge on any atom is 0.207 e. The molecule has 0 radical (unpaired) electrons. The Morgan fingerprint density at radius 2 is 1.20 bits per heavy atom. The van der Waals surface area contributed by atoms with Crippen molar-refractivity contribution in [2.75, 3.05) is 0 Å². The summed E-state index contributed by atoms with van der Waals surface area (Å²) in [6, 6.07) is 0. The van der Waals surface area contributed by atoms with E-state index in [0.717, 1.165) is 0 Å². The first-order chi connectivity index (χ1) is 2.00. The van der Waals surface area contributed by atoms with E-state index in [-0.39, 0.29) is 0 Å². The Morgan fingerprint density at radius 3 is 1.20 bits per heavy atom. The first kappa shape index (κ1) is 8.05. The lowest BCUT2D eigenvalue weighted by atomic mass is 30.0. The molecule has 0 aliphatic carbocycles. The van der Waals surface area contributed by atoms with Gasteiger partial charge < -0.3 is 0 Å². The molecule has 0 aromatic heterocycles. The van der Waals surface area contributed by atoms with Gasteiger partial charge in [0.1, 0.15) is 0 Å². The first-order valence-corrected chi connectivity index (χ1v) is 12.5. The molecule has 0 aliphatic rings. The fourth-order valence-corrected chi connectivity index (χ4v) is 0. The van der Waals surface area contributed by atoms with Crippen molar-refractivity contribution in [1.82, 2.24) is 0 Å². The second kappa shape index (κ2) is 3.15. The molecule has 0 aromatic rings. The van der Waals surface area contributed by atoms with Gasteiger partial charge in [-0.25, -0.2) is 0 Å². The molecule has 0 nitrogen and oxygen atoms in total. The molecular weight excluding hydrogens is 443 g/mol. The third-order valence-electron chi connectivity index (χ3n) is 0. The van der Waals surface area contributed by atoms with Crippen molar-refractivity contribution in [2.45, 2.75) is 0 Å². The number of halogens is 3. The van der Waals surface area contributed by atoms with E-state index >= 15 is 0 Å². The third-order valence-corrected chi connectivity index (χ3v) is 0. The molecule has 0 spiro atoms. The molecule has 32 valence electrons. The summed E-state index contributed by atoms with van der Waals surface area (Å²) in [7, 11) is 2.79. The highest BCUT2D eigenvalue weighted by Gasteiger charge is 2.18. The second-order valence-corrected chi connectivity index (χ2v) is 43.6. The predicted octanol–water partition coefficient (Wildman–Crippen LogP) is 3.84. The Kier molecular flexibility index (Phi) is 5.07.